The van der Waals surface area contributed by atoms with Gasteiger partial charge in [-0.15, -0.1) is 0 Å². The molecule has 0 unspecified atom stereocenters. The van der Waals surface area contributed by atoms with Crippen LogP contribution in [0.2, 0.25) is 0 Å². The topological polar surface area (TPSA) is 76.2 Å². The number of nitrogens with zero attached hydrogens (tertiary/aromatic N) is 4. The van der Waals surface area contributed by atoms with Crippen LogP contribution in [-0.2, 0) is 24.3 Å². The summed E-state index contributed by atoms with van der Waals surface area (Å²) in [4.78, 5) is 18.8. The molecule has 3 aromatic heterocycles. The number of rotatable bonds is 7. The number of carbonyl (C=O) groups excluding carboxylic acids is 1. The van der Waals surface area contributed by atoms with Crippen molar-refractivity contribution in [3.63, 3.8) is 0 Å². The van der Waals surface area contributed by atoms with Gasteiger partial charge in [0, 0.05) is 38.2 Å². The molecular weight excluding hydrogens is 342 g/mol. The summed E-state index contributed by atoms with van der Waals surface area (Å²) in [6.45, 7) is 2.93. The van der Waals surface area contributed by atoms with E-state index in [-0.39, 0.29) is 11.9 Å². The lowest BCUT2D eigenvalue weighted by Gasteiger charge is -2.33. The molecule has 0 aliphatic carbocycles. The first-order chi connectivity index (χ1) is 13.3. The Morgan fingerprint density at radius 1 is 1.22 bits per heavy atom. The molecule has 27 heavy (non-hydrogen) atoms. The highest BCUT2D eigenvalue weighted by Crippen LogP contribution is 2.24. The standard InChI is InChI=1S/C20H23N5O2/c26-20(22-9-5-16-3-7-21-8-4-16)12-18-14-24(15-19-2-1-11-27-19)13-17-6-10-23-25(17)18/h1-4,6-8,10-11,18H,5,9,12-15H2,(H,22,26)/t18-/m0/s1. The SMILES string of the molecule is O=C(C[C@H]1CN(Cc2ccco2)Cc2ccnn21)NCCc1ccncc1. The minimum absolute atomic E-state index is 0.0274. The third kappa shape index (κ3) is 4.43. The number of pyridine rings is 1. The largest absolute Gasteiger partial charge is 0.468 e. The van der Waals surface area contributed by atoms with Crippen LogP contribution in [0.1, 0.15) is 29.5 Å². The smallest absolute Gasteiger partial charge is 0.222 e. The predicted octanol–water partition coefficient (Wildman–Crippen LogP) is 2.18. The van der Waals surface area contributed by atoms with Crippen LogP contribution < -0.4 is 5.32 Å². The van der Waals surface area contributed by atoms with Gasteiger partial charge in [-0.05, 0) is 42.3 Å². The lowest BCUT2D eigenvalue weighted by molar-refractivity contribution is -0.122. The highest BCUT2D eigenvalue weighted by atomic mass is 16.3. The van der Waals surface area contributed by atoms with E-state index in [9.17, 15) is 4.79 Å². The van der Waals surface area contributed by atoms with Crippen LogP contribution in [0.25, 0.3) is 0 Å². The molecule has 1 aliphatic heterocycles. The molecule has 0 saturated carbocycles. The van der Waals surface area contributed by atoms with E-state index in [0.29, 0.717) is 13.0 Å². The van der Waals surface area contributed by atoms with Gasteiger partial charge in [0.1, 0.15) is 5.76 Å². The van der Waals surface area contributed by atoms with Crippen molar-refractivity contribution in [1.29, 1.82) is 0 Å². The lowest BCUT2D eigenvalue weighted by Crippen LogP contribution is -2.39. The summed E-state index contributed by atoms with van der Waals surface area (Å²) in [5, 5.41) is 7.45. The molecule has 1 aliphatic rings. The van der Waals surface area contributed by atoms with Crippen LogP contribution in [0, 0.1) is 0 Å². The van der Waals surface area contributed by atoms with Gasteiger partial charge in [0.05, 0.1) is 31.0 Å². The Kier molecular flexibility index (Phi) is 5.29. The number of fused-ring (bicyclic) bond motifs is 1. The molecule has 7 nitrogen and oxygen atoms in total. The number of hydrogen-bond donors (Lipinski definition) is 1. The van der Waals surface area contributed by atoms with Crippen molar-refractivity contribution < 1.29 is 9.21 Å². The lowest BCUT2D eigenvalue weighted by atomic mass is 10.1. The summed E-state index contributed by atoms with van der Waals surface area (Å²) >= 11 is 0. The van der Waals surface area contributed by atoms with Crippen LogP contribution in [-0.4, -0.2) is 38.7 Å². The zero-order valence-electron chi connectivity index (χ0n) is 15.1. The van der Waals surface area contributed by atoms with Crippen LogP contribution in [0.5, 0.6) is 0 Å². The van der Waals surface area contributed by atoms with Crippen molar-refractivity contribution in [2.24, 2.45) is 0 Å². The second-order valence-corrected chi connectivity index (χ2v) is 6.83. The Balaban J connectivity index is 1.33. The second kappa shape index (κ2) is 8.18. The third-order valence-corrected chi connectivity index (χ3v) is 4.82. The molecule has 3 aromatic rings. The molecule has 1 atom stereocenters. The first-order valence-corrected chi connectivity index (χ1v) is 9.20. The van der Waals surface area contributed by atoms with E-state index in [2.05, 4.69) is 20.3 Å². The van der Waals surface area contributed by atoms with E-state index < -0.39 is 0 Å². The van der Waals surface area contributed by atoms with Gasteiger partial charge in [-0.25, -0.2) is 0 Å². The van der Waals surface area contributed by atoms with Crippen molar-refractivity contribution in [2.75, 3.05) is 13.1 Å². The Morgan fingerprint density at radius 3 is 2.93 bits per heavy atom. The second-order valence-electron chi connectivity index (χ2n) is 6.83. The van der Waals surface area contributed by atoms with Crippen molar-refractivity contribution in [3.05, 3.63) is 72.2 Å². The number of amides is 1. The van der Waals surface area contributed by atoms with Crippen molar-refractivity contribution in [2.45, 2.75) is 32.0 Å². The van der Waals surface area contributed by atoms with Gasteiger partial charge in [-0.3, -0.25) is 19.4 Å². The number of hydrogen-bond acceptors (Lipinski definition) is 5. The van der Waals surface area contributed by atoms with Crippen molar-refractivity contribution in [1.82, 2.24) is 25.0 Å². The van der Waals surface area contributed by atoms with Gasteiger partial charge in [0.25, 0.3) is 0 Å². The average molecular weight is 365 g/mol. The summed E-state index contributed by atoms with van der Waals surface area (Å²) in [6.07, 6.45) is 8.26. The summed E-state index contributed by atoms with van der Waals surface area (Å²) in [5.74, 6) is 0.985. The fourth-order valence-electron chi connectivity index (χ4n) is 3.54. The number of furan rings is 1. The number of nitrogens with one attached hydrogen (secondary N) is 1. The van der Waals surface area contributed by atoms with E-state index in [1.807, 2.05) is 35.0 Å². The minimum atomic E-state index is 0.0274. The summed E-state index contributed by atoms with van der Waals surface area (Å²) < 4.78 is 7.46. The first-order valence-electron chi connectivity index (χ1n) is 9.20. The number of aromatic nitrogens is 3. The Bertz CT molecular complexity index is 860. The van der Waals surface area contributed by atoms with Crippen LogP contribution in [0.4, 0.5) is 0 Å². The van der Waals surface area contributed by atoms with Gasteiger partial charge in [0.15, 0.2) is 0 Å². The molecule has 1 amide bonds. The third-order valence-electron chi connectivity index (χ3n) is 4.82. The van der Waals surface area contributed by atoms with E-state index in [1.165, 1.54) is 5.56 Å². The summed E-state index contributed by atoms with van der Waals surface area (Å²) in [6, 6.07) is 9.86. The zero-order valence-corrected chi connectivity index (χ0v) is 15.1. The average Bonchev–Trinajstić information content (AvgIpc) is 3.34. The highest BCUT2D eigenvalue weighted by Gasteiger charge is 2.27. The fraction of sp³-hybridized carbons (Fsp3) is 0.350. The van der Waals surface area contributed by atoms with E-state index in [0.717, 1.165) is 37.5 Å². The van der Waals surface area contributed by atoms with Gasteiger partial charge in [-0.2, -0.15) is 5.10 Å². The van der Waals surface area contributed by atoms with E-state index in [1.54, 1.807) is 24.9 Å². The summed E-state index contributed by atoms with van der Waals surface area (Å²) in [5.41, 5.74) is 2.30. The Labute approximate surface area is 158 Å². The van der Waals surface area contributed by atoms with Crippen molar-refractivity contribution in [3.8, 4) is 0 Å². The normalized spacial score (nSPS) is 16.8. The van der Waals surface area contributed by atoms with Crippen LogP contribution in [0.15, 0.2) is 59.6 Å². The molecule has 1 N–H and O–H groups in total. The predicted molar refractivity (Wildman–Crippen MR) is 99.7 cm³/mol. The molecule has 4 heterocycles. The zero-order chi connectivity index (χ0) is 18.5. The van der Waals surface area contributed by atoms with Gasteiger partial charge < -0.3 is 9.73 Å². The molecule has 0 spiro atoms. The molecule has 0 radical (unpaired) electrons. The fourth-order valence-corrected chi connectivity index (χ4v) is 3.54. The molecule has 140 valence electrons. The van der Waals surface area contributed by atoms with E-state index >= 15 is 0 Å². The molecule has 0 saturated heterocycles. The maximum absolute atomic E-state index is 12.5. The van der Waals surface area contributed by atoms with Crippen LogP contribution >= 0.6 is 0 Å². The maximum Gasteiger partial charge on any atom is 0.222 e. The maximum atomic E-state index is 12.5. The molecule has 7 heteroatoms. The van der Waals surface area contributed by atoms with E-state index in [4.69, 9.17) is 4.42 Å². The molecular formula is C20H23N5O2. The molecule has 0 fully saturated rings. The van der Waals surface area contributed by atoms with Gasteiger partial charge in [-0.1, -0.05) is 0 Å². The molecule has 0 aromatic carbocycles. The molecule has 0 bridgehead atoms. The first kappa shape index (κ1) is 17.5. The van der Waals surface area contributed by atoms with Gasteiger partial charge in [0.2, 0.25) is 5.91 Å². The minimum Gasteiger partial charge on any atom is -0.468 e. The van der Waals surface area contributed by atoms with Crippen LogP contribution in [0.3, 0.4) is 0 Å². The van der Waals surface area contributed by atoms with Gasteiger partial charge >= 0.3 is 0 Å². The molecule has 4 rings (SSSR count). The summed E-state index contributed by atoms with van der Waals surface area (Å²) in [7, 11) is 0. The quantitative estimate of drug-likeness (QED) is 0.694. The Morgan fingerprint density at radius 2 is 2.11 bits per heavy atom. The number of carbonyl (C=O) groups is 1. The highest BCUT2D eigenvalue weighted by molar-refractivity contribution is 5.76. The monoisotopic (exact) mass is 365 g/mol. The van der Waals surface area contributed by atoms with Crippen molar-refractivity contribution >= 4 is 5.91 Å². The Hall–Kier alpha value is -2.93.